The normalized spacial score (nSPS) is 10.1. The zero-order valence-electron chi connectivity index (χ0n) is 15.7. The molecule has 144 valence electrons. The van der Waals surface area contributed by atoms with E-state index >= 15 is 0 Å². The molecule has 0 unspecified atom stereocenters. The van der Waals surface area contributed by atoms with Crippen molar-refractivity contribution >= 4 is 23.1 Å². The monoisotopic (exact) mass is 380 g/mol. The van der Waals surface area contributed by atoms with Crippen LogP contribution >= 0.6 is 0 Å². The zero-order chi connectivity index (χ0) is 19.9. The molecular weight excluding hydrogens is 360 g/mol. The van der Waals surface area contributed by atoms with Gasteiger partial charge in [0.05, 0.1) is 27.0 Å². The summed E-state index contributed by atoms with van der Waals surface area (Å²) >= 11 is 0. The second-order valence-electron chi connectivity index (χ2n) is 5.66. The molecule has 2 N–H and O–H groups in total. The average Bonchev–Trinajstić information content (AvgIpc) is 2.74. The van der Waals surface area contributed by atoms with Gasteiger partial charge in [-0.15, -0.1) is 0 Å². The largest absolute Gasteiger partial charge is 0.497 e. The fraction of sp³-hybridized carbons (Fsp3) is 0.150. The Morgan fingerprint density at radius 2 is 1.57 bits per heavy atom. The highest BCUT2D eigenvalue weighted by Gasteiger charge is 2.13. The number of ether oxygens (including phenoxy) is 3. The summed E-state index contributed by atoms with van der Waals surface area (Å²) in [4.78, 5) is 20.8. The number of aromatic nitrogens is 2. The van der Waals surface area contributed by atoms with Crippen molar-refractivity contribution in [2.45, 2.75) is 0 Å². The molecule has 8 nitrogen and oxygen atoms in total. The third-order valence-corrected chi connectivity index (χ3v) is 3.92. The molecule has 2 aromatic carbocycles. The van der Waals surface area contributed by atoms with Crippen LogP contribution in [0.3, 0.4) is 0 Å². The molecule has 0 saturated heterocycles. The lowest BCUT2D eigenvalue weighted by molar-refractivity contribution is 0.102. The van der Waals surface area contributed by atoms with Crippen LogP contribution in [-0.2, 0) is 0 Å². The van der Waals surface area contributed by atoms with E-state index < -0.39 is 5.91 Å². The van der Waals surface area contributed by atoms with Crippen molar-refractivity contribution in [2.24, 2.45) is 0 Å². The molecule has 0 bridgehead atoms. The molecule has 0 aliphatic carbocycles. The van der Waals surface area contributed by atoms with Crippen LogP contribution in [0.25, 0.3) is 0 Å². The van der Waals surface area contributed by atoms with Crippen LogP contribution in [0.4, 0.5) is 17.2 Å². The van der Waals surface area contributed by atoms with Crippen LogP contribution in [0.15, 0.2) is 54.9 Å². The van der Waals surface area contributed by atoms with Gasteiger partial charge in [-0.25, -0.2) is 9.97 Å². The molecule has 0 aliphatic rings. The van der Waals surface area contributed by atoms with Crippen LogP contribution in [0, 0.1) is 0 Å². The van der Waals surface area contributed by atoms with E-state index in [9.17, 15) is 4.79 Å². The van der Waals surface area contributed by atoms with Gasteiger partial charge in [-0.1, -0.05) is 0 Å². The van der Waals surface area contributed by atoms with Crippen LogP contribution in [0.5, 0.6) is 17.2 Å². The lowest BCUT2D eigenvalue weighted by Gasteiger charge is -2.12. The summed E-state index contributed by atoms with van der Waals surface area (Å²) in [7, 11) is 4.68. The Kier molecular flexibility index (Phi) is 5.91. The molecule has 0 atom stereocenters. The first-order chi connectivity index (χ1) is 13.6. The predicted octanol–water partition coefficient (Wildman–Crippen LogP) is 3.50. The summed E-state index contributed by atoms with van der Waals surface area (Å²) in [6.07, 6.45) is 1.32. The van der Waals surface area contributed by atoms with Gasteiger partial charge in [0, 0.05) is 17.8 Å². The highest BCUT2D eigenvalue weighted by Crippen LogP contribution is 2.29. The van der Waals surface area contributed by atoms with Crippen molar-refractivity contribution < 1.29 is 19.0 Å². The molecule has 3 aromatic rings. The van der Waals surface area contributed by atoms with Gasteiger partial charge in [-0.05, 0) is 36.4 Å². The molecule has 28 heavy (non-hydrogen) atoms. The van der Waals surface area contributed by atoms with Crippen LogP contribution < -0.4 is 24.8 Å². The topological polar surface area (TPSA) is 94.6 Å². The summed E-state index contributed by atoms with van der Waals surface area (Å²) < 4.78 is 15.6. The Morgan fingerprint density at radius 3 is 2.25 bits per heavy atom. The van der Waals surface area contributed by atoms with Gasteiger partial charge in [0.15, 0.2) is 0 Å². The SMILES string of the molecule is COc1ccc(Nc2cc(C(=O)Nc3cc(OC)ccc3OC)ncn2)cc1. The fourth-order valence-electron chi connectivity index (χ4n) is 2.47. The van der Waals surface area contributed by atoms with Gasteiger partial charge >= 0.3 is 0 Å². The number of anilines is 3. The molecule has 8 heteroatoms. The number of methoxy groups -OCH3 is 3. The van der Waals surface area contributed by atoms with E-state index in [1.54, 1.807) is 38.5 Å². The van der Waals surface area contributed by atoms with Crippen molar-refractivity contribution in [1.82, 2.24) is 9.97 Å². The van der Waals surface area contributed by atoms with Gasteiger partial charge < -0.3 is 24.8 Å². The minimum Gasteiger partial charge on any atom is -0.497 e. The summed E-state index contributed by atoms with van der Waals surface area (Å²) in [5, 5.41) is 5.90. The maximum absolute atomic E-state index is 12.6. The average molecular weight is 380 g/mol. The number of benzene rings is 2. The van der Waals surface area contributed by atoms with Crippen LogP contribution in [0.1, 0.15) is 10.5 Å². The quantitative estimate of drug-likeness (QED) is 0.648. The lowest BCUT2D eigenvalue weighted by Crippen LogP contribution is -2.15. The maximum Gasteiger partial charge on any atom is 0.274 e. The van der Waals surface area contributed by atoms with E-state index in [0.29, 0.717) is 23.0 Å². The van der Waals surface area contributed by atoms with E-state index in [1.807, 2.05) is 24.3 Å². The molecule has 0 aliphatic heterocycles. The number of nitrogens with zero attached hydrogens (tertiary/aromatic N) is 2. The van der Waals surface area contributed by atoms with E-state index in [2.05, 4.69) is 20.6 Å². The first kappa shape index (κ1) is 19.0. The molecule has 0 spiro atoms. The minimum absolute atomic E-state index is 0.205. The Hall–Kier alpha value is -3.81. The molecule has 0 radical (unpaired) electrons. The Balaban J connectivity index is 1.76. The van der Waals surface area contributed by atoms with Gasteiger partial charge in [0.25, 0.3) is 5.91 Å². The van der Waals surface area contributed by atoms with Gasteiger partial charge in [-0.3, -0.25) is 4.79 Å². The number of hydrogen-bond donors (Lipinski definition) is 2. The fourth-order valence-corrected chi connectivity index (χ4v) is 2.47. The van der Waals surface area contributed by atoms with Crippen molar-refractivity contribution in [1.29, 1.82) is 0 Å². The Bertz CT molecular complexity index is 961. The number of carbonyl (C=O) groups is 1. The standard InChI is InChI=1S/C20H20N4O4/c1-26-14-6-4-13(5-7-14)23-19-11-17(21-12-22-19)20(25)24-16-10-15(27-2)8-9-18(16)28-3/h4-12H,1-3H3,(H,24,25)(H,21,22,23). The van der Waals surface area contributed by atoms with E-state index in [0.717, 1.165) is 11.4 Å². The first-order valence-electron chi connectivity index (χ1n) is 8.39. The molecule has 0 fully saturated rings. The second kappa shape index (κ2) is 8.72. The Morgan fingerprint density at radius 1 is 0.857 bits per heavy atom. The van der Waals surface area contributed by atoms with Crippen molar-refractivity contribution in [3.63, 3.8) is 0 Å². The number of amides is 1. The van der Waals surface area contributed by atoms with E-state index in [-0.39, 0.29) is 5.69 Å². The van der Waals surface area contributed by atoms with Crippen LogP contribution in [0.2, 0.25) is 0 Å². The number of hydrogen-bond acceptors (Lipinski definition) is 7. The zero-order valence-corrected chi connectivity index (χ0v) is 15.7. The molecule has 1 heterocycles. The van der Waals surface area contributed by atoms with Gasteiger partial charge in [0.1, 0.15) is 35.1 Å². The van der Waals surface area contributed by atoms with E-state index in [4.69, 9.17) is 14.2 Å². The second-order valence-corrected chi connectivity index (χ2v) is 5.66. The highest BCUT2D eigenvalue weighted by atomic mass is 16.5. The van der Waals surface area contributed by atoms with E-state index in [1.165, 1.54) is 13.4 Å². The highest BCUT2D eigenvalue weighted by molar-refractivity contribution is 6.04. The molecule has 3 rings (SSSR count). The summed E-state index contributed by atoms with van der Waals surface area (Å²) in [6.45, 7) is 0. The van der Waals surface area contributed by atoms with Gasteiger partial charge in [-0.2, -0.15) is 0 Å². The smallest absolute Gasteiger partial charge is 0.274 e. The minimum atomic E-state index is -0.397. The first-order valence-corrected chi connectivity index (χ1v) is 8.39. The number of nitrogens with one attached hydrogen (secondary N) is 2. The summed E-state index contributed by atoms with van der Waals surface area (Å²) in [5.74, 6) is 1.95. The predicted molar refractivity (Wildman–Crippen MR) is 106 cm³/mol. The number of carbonyl (C=O) groups excluding carboxylic acids is 1. The summed E-state index contributed by atoms with van der Waals surface area (Å²) in [5.41, 5.74) is 1.49. The Labute approximate surface area is 162 Å². The van der Waals surface area contributed by atoms with Crippen LogP contribution in [-0.4, -0.2) is 37.2 Å². The molecule has 1 aromatic heterocycles. The maximum atomic E-state index is 12.6. The molecular formula is C20H20N4O4. The summed E-state index contributed by atoms with van der Waals surface area (Å²) in [6, 6.07) is 14.0. The van der Waals surface area contributed by atoms with Gasteiger partial charge in [0.2, 0.25) is 0 Å². The van der Waals surface area contributed by atoms with Crippen molar-refractivity contribution in [3.05, 3.63) is 60.6 Å². The third kappa shape index (κ3) is 4.47. The third-order valence-electron chi connectivity index (χ3n) is 3.92. The number of rotatable bonds is 7. The van der Waals surface area contributed by atoms with Crippen molar-refractivity contribution in [3.8, 4) is 17.2 Å². The lowest BCUT2D eigenvalue weighted by atomic mass is 10.2. The van der Waals surface area contributed by atoms with Crippen molar-refractivity contribution in [2.75, 3.05) is 32.0 Å². The molecule has 1 amide bonds. The molecule has 0 saturated carbocycles.